The molecule has 160 valence electrons. The zero-order valence-corrected chi connectivity index (χ0v) is 17.1. The van der Waals surface area contributed by atoms with Gasteiger partial charge in [-0.15, -0.1) is 0 Å². The highest BCUT2D eigenvalue weighted by Gasteiger charge is 2.40. The van der Waals surface area contributed by atoms with Crippen molar-refractivity contribution in [1.82, 2.24) is 0 Å². The molecule has 2 aromatic rings. The lowest BCUT2D eigenvalue weighted by Gasteiger charge is -2.38. The lowest BCUT2D eigenvalue weighted by molar-refractivity contribution is -0.137. The Kier molecular flexibility index (Phi) is 5.40. The summed E-state index contributed by atoms with van der Waals surface area (Å²) < 4.78 is 62.2. The molecule has 1 atom stereocenters. The maximum atomic E-state index is 13.2. The van der Waals surface area contributed by atoms with Gasteiger partial charge in [0, 0.05) is 11.8 Å². The maximum absolute atomic E-state index is 13.2. The van der Waals surface area contributed by atoms with E-state index in [9.17, 15) is 31.2 Å². The SMILES string of the molecule is CC(C)C1C(=O)Nc2cc(S(C)(=O)=O)ccc2N1C(=O)c1ccc(C(F)(F)F)cc1. The summed E-state index contributed by atoms with van der Waals surface area (Å²) in [7, 11) is -3.55. The Morgan fingerprint density at radius 2 is 1.70 bits per heavy atom. The van der Waals surface area contributed by atoms with Crippen LogP contribution in [0.1, 0.15) is 29.8 Å². The molecule has 6 nitrogen and oxygen atoms in total. The predicted octanol–water partition coefficient (Wildman–Crippen LogP) is 3.73. The second-order valence-corrected chi connectivity index (χ2v) is 9.40. The van der Waals surface area contributed by atoms with Crippen molar-refractivity contribution < 1.29 is 31.2 Å². The average molecular weight is 440 g/mol. The second kappa shape index (κ2) is 7.42. The van der Waals surface area contributed by atoms with Gasteiger partial charge in [0.05, 0.1) is 21.8 Å². The number of rotatable bonds is 3. The second-order valence-electron chi connectivity index (χ2n) is 7.38. The van der Waals surface area contributed by atoms with Gasteiger partial charge in [0.2, 0.25) is 5.91 Å². The summed E-state index contributed by atoms with van der Waals surface area (Å²) in [4.78, 5) is 27.1. The summed E-state index contributed by atoms with van der Waals surface area (Å²) >= 11 is 0. The van der Waals surface area contributed by atoms with E-state index < -0.39 is 39.4 Å². The number of nitrogens with one attached hydrogen (secondary N) is 1. The lowest BCUT2D eigenvalue weighted by Crippen LogP contribution is -2.53. The van der Waals surface area contributed by atoms with Crippen molar-refractivity contribution in [3.63, 3.8) is 0 Å². The van der Waals surface area contributed by atoms with Crippen molar-refractivity contribution in [2.24, 2.45) is 5.92 Å². The first kappa shape index (κ1) is 21.8. The van der Waals surface area contributed by atoms with Crippen molar-refractivity contribution in [1.29, 1.82) is 0 Å². The molecule has 0 spiro atoms. The number of carbonyl (C=O) groups is 2. The van der Waals surface area contributed by atoms with Crippen LogP contribution in [0.25, 0.3) is 0 Å². The molecular formula is C20H19F3N2O4S. The number of alkyl halides is 3. The molecule has 0 bridgehead atoms. The zero-order chi connectivity index (χ0) is 22.4. The molecule has 3 rings (SSSR count). The quantitative estimate of drug-likeness (QED) is 0.788. The molecule has 0 radical (unpaired) electrons. The highest BCUT2D eigenvalue weighted by molar-refractivity contribution is 7.90. The molecule has 0 fully saturated rings. The van der Waals surface area contributed by atoms with E-state index in [1.54, 1.807) is 13.8 Å². The van der Waals surface area contributed by atoms with Gasteiger partial charge in [0.1, 0.15) is 6.04 Å². The van der Waals surface area contributed by atoms with Gasteiger partial charge in [-0.2, -0.15) is 13.2 Å². The molecule has 2 aromatic carbocycles. The number of amides is 2. The summed E-state index contributed by atoms with van der Waals surface area (Å²) in [6, 6.07) is 6.77. The van der Waals surface area contributed by atoms with E-state index in [2.05, 4.69) is 5.32 Å². The van der Waals surface area contributed by atoms with E-state index in [4.69, 9.17) is 0 Å². The summed E-state index contributed by atoms with van der Waals surface area (Å²) in [5, 5.41) is 2.62. The van der Waals surface area contributed by atoms with Crippen LogP contribution in [0.15, 0.2) is 47.4 Å². The summed E-state index contributed by atoms with van der Waals surface area (Å²) in [6.45, 7) is 3.46. The first-order valence-electron chi connectivity index (χ1n) is 8.96. The maximum Gasteiger partial charge on any atom is 0.416 e. The van der Waals surface area contributed by atoms with Gasteiger partial charge in [-0.25, -0.2) is 8.42 Å². The van der Waals surface area contributed by atoms with Crippen LogP contribution in [-0.4, -0.2) is 32.5 Å². The van der Waals surface area contributed by atoms with Crippen LogP contribution in [0.3, 0.4) is 0 Å². The summed E-state index contributed by atoms with van der Waals surface area (Å²) in [5.74, 6) is -1.49. The fourth-order valence-corrected chi connectivity index (χ4v) is 3.95. The molecule has 2 amide bonds. The van der Waals surface area contributed by atoms with E-state index in [1.165, 1.54) is 23.1 Å². The fourth-order valence-electron chi connectivity index (χ4n) is 3.31. The van der Waals surface area contributed by atoms with Gasteiger partial charge in [-0.1, -0.05) is 13.8 Å². The van der Waals surface area contributed by atoms with Gasteiger partial charge in [-0.05, 0) is 48.4 Å². The highest BCUT2D eigenvalue weighted by atomic mass is 32.2. The minimum absolute atomic E-state index is 0.0264. The molecule has 10 heteroatoms. The minimum Gasteiger partial charge on any atom is -0.322 e. The number of carbonyl (C=O) groups excluding carboxylic acids is 2. The van der Waals surface area contributed by atoms with Crippen molar-refractivity contribution in [3.05, 3.63) is 53.6 Å². The topological polar surface area (TPSA) is 83.6 Å². The number of benzene rings is 2. The van der Waals surface area contributed by atoms with Gasteiger partial charge in [-0.3, -0.25) is 14.5 Å². The average Bonchev–Trinajstić information content (AvgIpc) is 2.64. The molecule has 30 heavy (non-hydrogen) atoms. The zero-order valence-electron chi connectivity index (χ0n) is 16.3. The van der Waals surface area contributed by atoms with Gasteiger partial charge < -0.3 is 5.32 Å². The lowest BCUT2D eigenvalue weighted by atomic mass is 9.96. The van der Waals surface area contributed by atoms with Crippen LogP contribution >= 0.6 is 0 Å². The number of hydrogen-bond acceptors (Lipinski definition) is 4. The highest BCUT2D eigenvalue weighted by Crippen LogP contribution is 2.37. The fraction of sp³-hybridized carbons (Fsp3) is 0.300. The Bertz CT molecular complexity index is 1110. The van der Waals surface area contributed by atoms with Crippen molar-refractivity contribution in [3.8, 4) is 0 Å². The van der Waals surface area contributed by atoms with Crippen LogP contribution in [-0.2, 0) is 20.8 Å². The molecule has 1 aliphatic rings. The molecular weight excluding hydrogens is 421 g/mol. The first-order chi connectivity index (χ1) is 13.8. The number of fused-ring (bicyclic) bond motifs is 1. The van der Waals surface area contributed by atoms with Gasteiger partial charge in [0.15, 0.2) is 9.84 Å². The summed E-state index contributed by atoms with van der Waals surface area (Å²) in [6.07, 6.45) is -3.52. The minimum atomic E-state index is -4.54. The molecule has 1 unspecified atom stereocenters. The van der Waals surface area contributed by atoms with Crippen molar-refractivity contribution in [2.45, 2.75) is 31.0 Å². The predicted molar refractivity (Wildman–Crippen MR) is 105 cm³/mol. The largest absolute Gasteiger partial charge is 0.416 e. The molecule has 1 heterocycles. The van der Waals surface area contributed by atoms with E-state index >= 15 is 0 Å². The monoisotopic (exact) mass is 440 g/mol. The Morgan fingerprint density at radius 1 is 1.10 bits per heavy atom. The molecule has 1 aliphatic heterocycles. The van der Waals surface area contributed by atoms with E-state index in [0.29, 0.717) is 0 Å². The molecule has 1 N–H and O–H groups in total. The van der Waals surface area contributed by atoms with Crippen molar-refractivity contribution in [2.75, 3.05) is 16.5 Å². The third-order valence-electron chi connectivity index (χ3n) is 4.77. The first-order valence-corrected chi connectivity index (χ1v) is 10.9. The third-order valence-corrected chi connectivity index (χ3v) is 5.88. The van der Waals surface area contributed by atoms with Gasteiger partial charge >= 0.3 is 6.18 Å². The van der Waals surface area contributed by atoms with E-state index in [1.807, 2.05) is 0 Å². The normalized spacial score (nSPS) is 17.0. The Balaban J connectivity index is 2.10. The number of anilines is 2. The number of halogens is 3. The summed E-state index contributed by atoms with van der Waals surface area (Å²) in [5.41, 5.74) is -0.513. The van der Waals surface area contributed by atoms with Crippen LogP contribution in [0.5, 0.6) is 0 Å². The van der Waals surface area contributed by atoms with E-state index in [-0.39, 0.29) is 27.8 Å². The standard InChI is InChI=1S/C20H19F3N2O4S/c1-11(2)17-18(26)24-15-10-14(30(3,28)29)8-9-16(15)25(17)19(27)12-4-6-13(7-5-12)20(21,22)23/h4-11,17H,1-3H3,(H,24,26). The van der Waals surface area contributed by atoms with Crippen LogP contribution < -0.4 is 10.2 Å². The van der Waals surface area contributed by atoms with Gasteiger partial charge in [0.25, 0.3) is 5.91 Å². The Morgan fingerprint density at radius 3 is 2.20 bits per heavy atom. The Hall–Kier alpha value is -2.88. The molecule has 0 saturated carbocycles. The molecule has 0 aliphatic carbocycles. The number of hydrogen-bond donors (Lipinski definition) is 1. The smallest absolute Gasteiger partial charge is 0.322 e. The van der Waals surface area contributed by atoms with Crippen LogP contribution in [0.2, 0.25) is 0 Å². The Labute approximate surface area is 171 Å². The molecule has 0 aromatic heterocycles. The van der Waals surface area contributed by atoms with Crippen molar-refractivity contribution >= 4 is 33.0 Å². The molecule has 0 saturated heterocycles. The number of nitrogens with zero attached hydrogens (tertiary/aromatic N) is 1. The van der Waals surface area contributed by atoms with Crippen LogP contribution in [0.4, 0.5) is 24.5 Å². The van der Waals surface area contributed by atoms with E-state index in [0.717, 1.165) is 30.5 Å². The third kappa shape index (κ3) is 4.04. The number of sulfone groups is 1. The van der Waals surface area contributed by atoms with Crippen LogP contribution in [0, 0.1) is 5.92 Å².